The normalized spacial score (nSPS) is 10.1. The first-order chi connectivity index (χ1) is 9.54. The summed E-state index contributed by atoms with van der Waals surface area (Å²) < 4.78 is 15.0. The Morgan fingerprint density at radius 3 is 2.80 bits per heavy atom. The zero-order valence-corrected chi connectivity index (χ0v) is 11.4. The van der Waals surface area contributed by atoms with Crippen molar-refractivity contribution < 1.29 is 9.18 Å². The van der Waals surface area contributed by atoms with Gasteiger partial charge in [-0.15, -0.1) is 0 Å². The van der Waals surface area contributed by atoms with Crippen LogP contribution in [0.2, 0.25) is 5.02 Å². The summed E-state index contributed by atoms with van der Waals surface area (Å²) in [5.41, 5.74) is 0.935. The van der Waals surface area contributed by atoms with E-state index in [0.29, 0.717) is 11.4 Å². The Bertz CT molecular complexity index is 683. The Morgan fingerprint density at radius 1 is 1.45 bits per heavy atom. The lowest BCUT2D eigenvalue weighted by molar-refractivity contribution is 0.0942. The van der Waals surface area contributed by atoms with Crippen molar-refractivity contribution >= 4 is 17.5 Å². The molecule has 2 rings (SSSR count). The minimum absolute atomic E-state index is 0.0165. The highest BCUT2D eigenvalue weighted by atomic mass is 35.5. The average Bonchev–Trinajstić information content (AvgIpc) is 2.79. The van der Waals surface area contributed by atoms with Crippen LogP contribution in [0.3, 0.4) is 0 Å². The number of nitriles is 1. The number of rotatable bonds is 3. The minimum atomic E-state index is -0.470. The van der Waals surface area contributed by atoms with Crippen molar-refractivity contribution in [3.8, 4) is 6.07 Å². The molecule has 0 unspecified atom stereocenters. The van der Waals surface area contributed by atoms with Gasteiger partial charge in [-0.3, -0.25) is 4.79 Å². The van der Waals surface area contributed by atoms with Gasteiger partial charge < -0.3 is 9.88 Å². The first-order valence-corrected chi connectivity index (χ1v) is 6.19. The van der Waals surface area contributed by atoms with Gasteiger partial charge in [0.25, 0.3) is 5.91 Å². The number of amides is 1. The fourth-order valence-corrected chi connectivity index (χ4v) is 2.04. The maximum Gasteiger partial charge on any atom is 0.268 e. The summed E-state index contributed by atoms with van der Waals surface area (Å²) in [5, 5.41) is 11.7. The molecule has 0 atom stereocenters. The van der Waals surface area contributed by atoms with Crippen LogP contribution in [0.5, 0.6) is 0 Å². The van der Waals surface area contributed by atoms with Crippen LogP contribution < -0.4 is 5.32 Å². The molecule has 102 valence electrons. The molecule has 0 aliphatic rings. The van der Waals surface area contributed by atoms with E-state index in [4.69, 9.17) is 16.9 Å². The Kier molecular flexibility index (Phi) is 4.06. The SMILES string of the molecule is Cn1c(C#N)ccc1C(=O)NCc1c(F)cccc1Cl. The number of halogens is 2. The largest absolute Gasteiger partial charge is 0.347 e. The Balaban J connectivity index is 2.13. The minimum Gasteiger partial charge on any atom is -0.347 e. The molecular weight excluding hydrogens is 281 g/mol. The zero-order valence-electron chi connectivity index (χ0n) is 10.7. The molecule has 1 heterocycles. The van der Waals surface area contributed by atoms with Crippen molar-refractivity contribution in [1.82, 2.24) is 9.88 Å². The molecule has 1 N–H and O–H groups in total. The molecule has 20 heavy (non-hydrogen) atoms. The van der Waals surface area contributed by atoms with Crippen LogP contribution in [0.15, 0.2) is 30.3 Å². The van der Waals surface area contributed by atoms with Crippen LogP contribution in [0.1, 0.15) is 21.7 Å². The van der Waals surface area contributed by atoms with E-state index in [0.717, 1.165) is 0 Å². The van der Waals surface area contributed by atoms with Gasteiger partial charge in [-0.1, -0.05) is 17.7 Å². The monoisotopic (exact) mass is 291 g/mol. The van der Waals surface area contributed by atoms with Crippen LogP contribution in [-0.4, -0.2) is 10.5 Å². The lowest BCUT2D eigenvalue weighted by Gasteiger charge is -2.08. The standard InChI is InChI=1S/C14H11ClFN3O/c1-19-9(7-17)5-6-13(19)14(20)18-8-10-11(15)3-2-4-12(10)16/h2-6H,8H2,1H3,(H,18,20). The maximum atomic E-state index is 13.6. The molecule has 0 spiro atoms. The molecule has 1 aromatic heterocycles. The third-order valence-electron chi connectivity index (χ3n) is 2.96. The summed E-state index contributed by atoms with van der Waals surface area (Å²) in [6.07, 6.45) is 0. The molecule has 4 nitrogen and oxygen atoms in total. The van der Waals surface area contributed by atoms with Gasteiger partial charge in [-0.25, -0.2) is 4.39 Å². The topological polar surface area (TPSA) is 57.8 Å². The first-order valence-electron chi connectivity index (χ1n) is 5.81. The molecule has 1 aromatic carbocycles. The fourth-order valence-electron chi connectivity index (χ4n) is 1.81. The van der Waals surface area contributed by atoms with Crippen molar-refractivity contribution in [2.45, 2.75) is 6.54 Å². The highest BCUT2D eigenvalue weighted by Gasteiger charge is 2.14. The van der Waals surface area contributed by atoms with Gasteiger partial charge in [0.05, 0.1) is 0 Å². The molecule has 1 amide bonds. The first kappa shape index (κ1) is 14.1. The number of hydrogen-bond donors (Lipinski definition) is 1. The second-order valence-corrected chi connectivity index (χ2v) is 4.56. The smallest absolute Gasteiger partial charge is 0.268 e. The van der Waals surface area contributed by atoms with Crippen molar-refractivity contribution in [2.24, 2.45) is 7.05 Å². The number of aromatic nitrogens is 1. The van der Waals surface area contributed by atoms with Gasteiger partial charge >= 0.3 is 0 Å². The van der Waals surface area contributed by atoms with E-state index in [1.165, 1.54) is 22.8 Å². The number of hydrogen-bond acceptors (Lipinski definition) is 2. The van der Waals surface area contributed by atoms with Gasteiger partial charge in [0, 0.05) is 24.2 Å². The summed E-state index contributed by atoms with van der Waals surface area (Å²) in [7, 11) is 1.61. The summed E-state index contributed by atoms with van der Waals surface area (Å²) in [6.45, 7) is -0.0165. The number of benzene rings is 1. The third kappa shape index (κ3) is 2.65. The summed E-state index contributed by atoms with van der Waals surface area (Å²) >= 11 is 5.88. The van der Waals surface area contributed by atoms with Crippen molar-refractivity contribution in [3.63, 3.8) is 0 Å². The van der Waals surface area contributed by atoms with Crippen LogP contribution in [0, 0.1) is 17.1 Å². The lowest BCUT2D eigenvalue weighted by atomic mass is 10.2. The highest BCUT2D eigenvalue weighted by Crippen LogP contribution is 2.18. The van der Waals surface area contributed by atoms with Crippen LogP contribution in [-0.2, 0) is 13.6 Å². The summed E-state index contributed by atoms with van der Waals surface area (Å²) in [6, 6.07) is 9.39. The Morgan fingerprint density at radius 2 is 2.20 bits per heavy atom. The van der Waals surface area contributed by atoms with Gasteiger partial charge in [-0.2, -0.15) is 5.26 Å². The molecule has 0 bridgehead atoms. The maximum absolute atomic E-state index is 13.6. The molecule has 0 aliphatic carbocycles. The lowest BCUT2D eigenvalue weighted by Crippen LogP contribution is -2.25. The predicted molar refractivity (Wildman–Crippen MR) is 72.7 cm³/mol. The molecular formula is C14H11ClFN3O. The second kappa shape index (κ2) is 5.76. The molecule has 0 saturated carbocycles. The summed E-state index contributed by atoms with van der Waals surface area (Å²) in [4.78, 5) is 12.0. The van der Waals surface area contributed by atoms with Crippen molar-refractivity contribution in [2.75, 3.05) is 0 Å². The van der Waals surface area contributed by atoms with Crippen LogP contribution in [0.25, 0.3) is 0 Å². The quantitative estimate of drug-likeness (QED) is 0.945. The number of nitrogens with one attached hydrogen (secondary N) is 1. The molecule has 0 fully saturated rings. The molecule has 2 aromatic rings. The number of carbonyl (C=O) groups excluding carboxylic acids is 1. The van der Waals surface area contributed by atoms with E-state index >= 15 is 0 Å². The average molecular weight is 292 g/mol. The predicted octanol–water partition coefficient (Wildman–Crippen LogP) is 2.62. The van der Waals surface area contributed by atoms with Crippen LogP contribution >= 0.6 is 11.6 Å². The number of nitrogens with zero attached hydrogens (tertiary/aromatic N) is 2. The van der Waals surface area contributed by atoms with E-state index < -0.39 is 11.7 Å². The van der Waals surface area contributed by atoms with Gasteiger partial charge in [0.2, 0.25) is 0 Å². The van der Waals surface area contributed by atoms with Crippen molar-refractivity contribution in [1.29, 1.82) is 5.26 Å². The van der Waals surface area contributed by atoms with E-state index in [2.05, 4.69) is 5.32 Å². The molecule has 0 aliphatic heterocycles. The Hall–Kier alpha value is -2.32. The number of carbonyl (C=O) groups is 1. The molecule has 6 heteroatoms. The van der Waals surface area contributed by atoms with Crippen molar-refractivity contribution in [3.05, 3.63) is 58.1 Å². The van der Waals surface area contributed by atoms with E-state index in [9.17, 15) is 9.18 Å². The fraction of sp³-hybridized carbons (Fsp3) is 0.143. The second-order valence-electron chi connectivity index (χ2n) is 4.16. The third-order valence-corrected chi connectivity index (χ3v) is 3.31. The van der Waals surface area contributed by atoms with Gasteiger partial charge in [-0.05, 0) is 24.3 Å². The van der Waals surface area contributed by atoms with Gasteiger partial charge in [0.15, 0.2) is 0 Å². The van der Waals surface area contributed by atoms with E-state index in [1.807, 2.05) is 6.07 Å². The zero-order chi connectivity index (χ0) is 14.7. The van der Waals surface area contributed by atoms with Crippen LogP contribution in [0.4, 0.5) is 4.39 Å². The summed E-state index contributed by atoms with van der Waals surface area (Å²) in [5.74, 6) is -0.865. The van der Waals surface area contributed by atoms with Gasteiger partial charge in [0.1, 0.15) is 23.3 Å². The highest BCUT2D eigenvalue weighted by molar-refractivity contribution is 6.31. The molecule has 0 saturated heterocycles. The van der Waals surface area contributed by atoms with E-state index in [1.54, 1.807) is 19.2 Å². The molecule has 0 radical (unpaired) electrons. The Labute approximate surface area is 120 Å². The van der Waals surface area contributed by atoms with E-state index in [-0.39, 0.29) is 17.1 Å².